The second kappa shape index (κ2) is 6.22. The van der Waals surface area contributed by atoms with Crippen molar-refractivity contribution in [2.45, 2.75) is 57.9 Å². The minimum absolute atomic E-state index is 0.101. The van der Waals surface area contributed by atoms with E-state index in [-0.39, 0.29) is 11.9 Å². The fraction of sp³-hybridized carbons (Fsp3) is 0.619. The highest BCUT2D eigenvalue weighted by Gasteiger charge is 2.53. The molecule has 1 amide bonds. The van der Waals surface area contributed by atoms with Gasteiger partial charge in [0.2, 0.25) is 5.91 Å². The molecule has 0 spiro atoms. The molecule has 0 aromatic carbocycles. The van der Waals surface area contributed by atoms with Crippen LogP contribution in [0.25, 0.3) is 10.8 Å². The van der Waals surface area contributed by atoms with Crippen LogP contribution in [0.15, 0.2) is 28.2 Å². The number of hydrogen-bond acceptors (Lipinski definition) is 4. The second-order valence-corrected chi connectivity index (χ2v) is 9.73. The summed E-state index contributed by atoms with van der Waals surface area (Å²) in [5.74, 6) is 3.60. The van der Waals surface area contributed by atoms with E-state index in [4.69, 9.17) is 4.42 Å². The molecule has 2 heterocycles. The van der Waals surface area contributed by atoms with E-state index in [1.807, 2.05) is 17.5 Å². The number of carbonyl (C=O) groups excluding carboxylic acids is 1. The molecule has 1 unspecified atom stereocenters. The van der Waals surface area contributed by atoms with Gasteiger partial charge in [-0.05, 0) is 80.8 Å². The Kier molecular flexibility index (Phi) is 3.96. The Bertz CT molecular complexity index is 760. The first-order chi connectivity index (χ1) is 12.6. The number of nitrogens with zero attached hydrogens (tertiary/aromatic N) is 1. The molecule has 4 aliphatic rings. The average molecular weight is 371 g/mol. The second-order valence-electron chi connectivity index (χ2n) is 8.87. The van der Waals surface area contributed by atoms with Gasteiger partial charge in [0.1, 0.15) is 0 Å². The van der Waals surface area contributed by atoms with Crippen molar-refractivity contribution in [2.24, 2.45) is 23.2 Å². The van der Waals surface area contributed by atoms with Crippen LogP contribution in [0.3, 0.4) is 0 Å². The van der Waals surface area contributed by atoms with Gasteiger partial charge in [0.15, 0.2) is 10.8 Å². The zero-order valence-electron chi connectivity index (χ0n) is 15.2. The Morgan fingerprint density at radius 2 is 2.00 bits per heavy atom. The van der Waals surface area contributed by atoms with Gasteiger partial charge in [-0.25, -0.2) is 4.98 Å². The largest absolute Gasteiger partial charge is 0.462 e. The van der Waals surface area contributed by atoms with E-state index in [9.17, 15) is 4.79 Å². The van der Waals surface area contributed by atoms with Gasteiger partial charge in [0.05, 0.1) is 18.4 Å². The summed E-state index contributed by atoms with van der Waals surface area (Å²) < 4.78 is 5.39. The van der Waals surface area contributed by atoms with E-state index in [1.165, 1.54) is 49.9 Å². The molecule has 4 nitrogen and oxygen atoms in total. The maximum atomic E-state index is 12.6. The Morgan fingerprint density at radius 1 is 1.31 bits per heavy atom. The summed E-state index contributed by atoms with van der Waals surface area (Å²) in [4.78, 5) is 17.2. The Labute approximate surface area is 158 Å². The lowest BCUT2D eigenvalue weighted by Crippen LogP contribution is -2.56. The van der Waals surface area contributed by atoms with Gasteiger partial charge in [-0.3, -0.25) is 4.79 Å². The van der Waals surface area contributed by atoms with E-state index >= 15 is 0 Å². The van der Waals surface area contributed by atoms with Crippen molar-refractivity contribution in [2.75, 3.05) is 0 Å². The first-order valence-corrected chi connectivity index (χ1v) is 10.8. The predicted molar refractivity (Wildman–Crippen MR) is 102 cm³/mol. The lowest BCUT2D eigenvalue weighted by atomic mass is 9.48. The molecule has 1 N–H and O–H groups in total. The number of amides is 1. The summed E-state index contributed by atoms with van der Waals surface area (Å²) in [5.41, 5.74) is 1.18. The number of thiazole rings is 1. The topological polar surface area (TPSA) is 55.1 Å². The van der Waals surface area contributed by atoms with Crippen molar-refractivity contribution in [3.63, 3.8) is 0 Å². The monoisotopic (exact) mass is 370 g/mol. The molecule has 4 aliphatic carbocycles. The standard InChI is InChI=1S/C21H26N2O2S/c1-13(21-9-14-5-15(10-21)7-16(6-14)11-21)22-19(24)8-17-12-26-20(23-17)18-3-2-4-25-18/h2-4,12-16H,5-11H2,1H3,(H,22,24). The van der Waals surface area contributed by atoms with Crippen LogP contribution >= 0.6 is 11.3 Å². The molecule has 138 valence electrons. The van der Waals surface area contributed by atoms with E-state index in [1.54, 1.807) is 6.26 Å². The highest BCUT2D eigenvalue weighted by molar-refractivity contribution is 7.13. The summed E-state index contributed by atoms with van der Waals surface area (Å²) in [5, 5.41) is 6.14. The van der Waals surface area contributed by atoms with Crippen LogP contribution in [0.5, 0.6) is 0 Å². The summed E-state index contributed by atoms with van der Waals surface area (Å²) in [6, 6.07) is 4.03. The van der Waals surface area contributed by atoms with Crippen molar-refractivity contribution < 1.29 is 9.21 Å². The number of rotatable bonds is 5. The van der Waals surface area contributed by atoms with Gasteiger partial charge in [0, 0.05) is 11.4 Å². The maximum Gasteiger partial charge on any atom is 0.226 e. The molecule has 2 aromatic heterocycles. The molecule has 4 saturated carbocycles. The van der Waals surface area contributed by atoms with E-state index < -0.39 is 0 Å². The van der Waals surface area contributed by atoms with Crippen LogP contribution in [0.4, 0.5) is 0 Å². The smallest absolute Gasteiger partial charge is 0.226 e. The summed E-state index contributed by atoms with van der Waals surface area (Å²) in [7, 11) is 0. The zero-order valence-corrected chi connectivity index (χ0v) is 16.1. The Hall–Kier alpha value is -1.62. The molecule has 6 rings (SSSR count). The summed E-state index contributed by atoms with van der Waals surface area (Å²) >= 11 is 1.53. The molecular weight excluding hydrogens is 344 g/mol. The SMILES string of the molecule is CC(NC(=O)Cc1csc(-c2ccco2)n1)C12CC3CC(CC(C3)C1)C2. The molecule has 0 saturated heterocycles. The minimum atomic E-state index is 0.101. The third-order valence-corrected chi connectivity index (χ3v) is 7.91. The van der Waals surface area contributed by atoms with E-state index in [2.05, 4.69) is 17.2 Å². The van der Waals surface area contributed by atoms with Crippen molar-refractivity contribution in [3.05, 3.63) is 29.5 Å². The molecule has 0 aliphatic heterocycles. The third kappa shape index (κ3) is 2.90. The van der Waals surface area contributed by atoms with Crippen molar-refractivity contribution >= 4 is 17.2 Å². The van der Waals surface area contributed by atoms with Crippen LogP contribution in [-0.2, 0) is 11.2 Å². The molecule has 2 aromatic rings. The van der Waals surface area contributed by atoms with E-state index in [0.29, 0.717) is 11.8 Å². The molecule has 0 radical (unpaired) electrons. The van der Waals surface area contributed by atoms with Crippen LogP contribution in [-0.4, -0.2) is 16.9 Å². The highest BCUT2D eigenvalue weighted by atomic mass is 32.1. The third-order valence-electron chi connectivity index (χ3n) is 7.01. The lowest BCUT2D eigenvalue weighted by molar-refractivity contribution is -0.125. The molecule has 4 bridgehead atoms. The molecule has 26 heavy (non-hydrogen) atoms. The Morgan fingerprint density at radius 3 is 2.62 bits per heavy atom. The van der Waals surface area contributed by atoms with Crippen molar-refractivity contribution in [1.82, 2.24) is 10.3 Å². The van der Waals surface area contributed by atoms with Crippen LogP contribution in [0.1, 0.15) is 51.1 Å². The summed E-state index contributed by atoms with van der Waals surface area (Å²) in [6.45, 7) is 2.24. The molecular formula is C21H26N2O2S. The van der Waals surface area contributed by atoms with Crippen molar-refractivity contribution in [3.8, 4) is 10.8 Å². The highest BCUT2D eigenvalue weighted by Crippen LogP contribution is 2.61. The van der Waals surface area contributed by atoms with E-state index in [0.717, 1.165) is 34.2 Å². The molecule has 1 atom stereocenters. The van der Waals surface area contributed by atoms with Gasteiger partial charge < -0.3 is 9.73 Å². The van der Waals surface area contributed by atoms with Gasteiger partial charge in [0.25, 0.3) is 0 Å². The van der Waals surface area contributed by atoms with Crippen LogP contribution in [0.2, 0.25) is 0 Å². The van der Waals surface area contributed by atoms with Gasteiger partial charge in [-0.15, -0.1) is 11.3 Å². The van der Waals surface area contributed by atoms with Gasteiger partial charge in [-0.2, -0.15) is 0 Å². The fourth-order valence-corrected chi connectivity index (χ4v) is 7.01. The fourth-order valence-electron chi connectivity index (χ4n) is 6.22. The maximum absolute atomic E-state index is 12.6. The number of hydrogen-bond donors (Lipinski definition) is 1. The molecule has 4 fully saturated rings. The number of furan rings is 1. The summed E-state index contributed by atoms with van der Waals surface area (Å²) in [6.07, 6.45) is 10.3. The first-order valence-electron chi connectivity index (χ1n) is 9.87. The van der Waals surface area contributed by atoms with Crippen LogP contribution in [0, 0.1) is 23.2 Å². The van der Waals surface area contributed by atoms with Gasteiger partial charge in [-0.1, -0.05) is 0 Å². The normalized spacial score (nSPS) is 33.3. The average Bonchev–Trinajstić information content (AvgIpc) is 3.24. The minimum Gasteiger partial charge on any atom is -0.462 e. The predicted octanol–water partition coefficient (Wildman–Crippen LogP) is 4.67. The lowest BCUT2D eigenvalue weighted by Gasteiger charge is -2.59. The zero-order chi connectivity index (χ0) is 17.7. The number of carbonyl (C=O) groups is 1. The van der Waals surface area contributed by atoms with Crippen molar-refractivity contribution in [1.29, 1.82) is 0 Å². The number of aromatic nitrogens is 1. The molecule has 5 heteroatoms. The first kappa shape index (κ1) is 16.5. The quantitative estimate of drug-likeness (QED) is 0.832. The number of nitrogens with one attached hydrogen (secondary N) is 1. The Balaban J connectivity index is 1.23. The van der Waals surface area contributed by atoms with Crippen LogP contribution < -0.4 is 5.32 Å². The van der Waals surface area contributed by atoms with Gasteiger partial charge >= 0.3 is 0 Å².